The van der Waals surface area contributed by atoms with Crippen molar-refractivity contribution >= 4 is 0 Å². The van der Waals surface area contributed by atoms with Crippen LogP contribution in [0.25, 0.3) is 0 Å². The van der Waals surface area contributed by atoms with Gasteiger partial charge in [-0.05, 0) is 0 Å². The molecule has 0 aromatic carbocycles. The lowest BCUT2D eigenvalue weighted by Gasteiger charge is -2.33. The van der Waals surface area contributed by atoms with E-state index in [1.54, 1.807) is 7.11 Å². The minimum Gasteiger partial charge on any atom is -0.394 e. The zero-order valence-corrected chi connectivity index (χ0v) is 13.1. The van der Waals surface area contributed by atoms with Crippen LogP contribution in [0.5, 0.6) is 0 Å². The van der Waals surface area contributed by atoms with Crippen LogP contribution >= 0.6 is 0 Å². The SMILES string of the molecule is COCCOC1C(O)[C@@H](CO)O[C@H]1N1CNC2=C1NCNC2N. The Balaban J connectivity index is 1.76. The molecule has 0 aromatic heterocycles. The Kier molecular flexibility index (Phi) is 5.21. The van der Waals surface area contributed by atoms with E-state index >= 15 is 0 Å². The van der Waals surface area contributed by atoms with E-state index in [-0.39, 0.29) is 12.8 Å². The predicted octanol–water partition coefficient (Wildman–Crippen LogP) is -3.44. The highest BCUT2D eigenvalue weighted by Crippen LogP contribution is 2.31. The molecule has 7 N–H and O–H groups in total. The molecule has 3 aliphatic heterocycles. The molecule has 3 rings (SSSR count). The van der Waals surface area contributed by atoms with Crippen LogP contribution in [-0.4, -0.2) is 86.1 Å². The fraction of sp³-hybridized carbons (Fsp3) is 0.846. The normalized spacial score (nSPS) is 36.9. The first-order valence-corrected chi connectivity index (χ1v) is 7.69. The van der Waals surface area contributed by atoms with Gasteiger partial charge in [-0.3, -0.25) is 5.32 Å². The van der Waals surface area contributed by atoms with Gasteiger partial charge in [0.15, 0.2) is 6.23 Å². The molecule has 132 valence electrons. The number of aliphatic hydroxyl groups excluding tert-OH is 2. The number of ether oxygens (including phenoxy) is 3. The number of nitrogens with two attached hydrogens (primary N) is 1. The van der Waals surface area contributed by atoms with Gasteiger partial charge >= 0.3 is 0 Å². The standard InChI is InChI=1S/C13H25N5O5/c1-21-2-3-22-10-9(20)7(4-19)23-13(10)18-6-17-8-11(14)15-5-16-12(8)18/h7,9-11,13,15-17,19-20H,2-6,14H2,1H3/t7-,9?,10?,11?,13-/m1/s1. The van der Waals surface area contributed by atoms with Gasteiger partial charge < -0.3 is 45.7 Å². The molecule has 0 saturated carbocycles. The molecule has 10 heteroatoms. The Labute approximate surface area is 134 Å². The molecule has 3 unspecified atom stereocenters. The first-order chi connectivity index (χ1) is 11.2. The second-order valence-electron chi connectivity index (χ2n) is 5.67. The molecule has 0 spiro atoms. The van der Waals surface area contributed by atoms with Crippen LogP contribution in [0.1, 0.15) is 0 Å². The summed E-state index contributed by atoms with van der Waals surface area (Å²) in [5, 5.41) is 29.3. The lowest BCUT2D eigenvalue weighted by molar-refractivity contribution is -0.106. The Morgan fingerprint density at radius 2 is 2.22 bits per heavy atom. The van der Waals surface area contributed by atoms with Crippen molar-refractivity contribution < 1.29 is 24.4 Å². The summed E-state index contributed by atoms with van der Waals surface area (Å²) in [6, 6.07) is 0. The second kappa shape index (κ2) is 7.18. The highest BCUT2D eigenvalue weighted by molar-refractivity contribution is 5.23. The third kappa shape index (κ3) is 3.11. The van der Waals surface area contributed by atoms with Gasteiger partial charge in [0, 0.05) is 7.11 Å². The first-order valence-electron chi connectivity index (χ1n) is 7.69. The molecule has 23 heavy (non-hydrogen) atoms. The van der Waals surface area contributed by atoms with Crippen molar-refractivity contribution in [1.82, 2.24) is 20.9 Å². The van der Waals surface area contributed by atoms with Crippen LogP contribution in [0.15, 0.2) is 11.5 Å². The molecule has 0 amide bonds. The maximum Gasteiger partial charge on any atom is 0.162 e. The zero-order valence-electron chi connectivity index (χ0n) is 13.1. The molecule has 1 fully saturated rings. The highest BCUT2D eigenvalue weighted by Gasteiger charge is 2.49. The largest absolute Gasteiger partial charge is 0.394 e. The summed E-state index contributed by atoms with van der Waals surface area (Å²) in [5.74, 6) is 0.826. The number of hydrogen-bond donors (Lipinski definition) is 6. The molecule has 0 aromatic rings. The highest BCUT2D eigenvalue weighted by atomic mass is 16.6. The number of methoxy groups -OCH3 is 1. The minimum absolute atomic E-state index is 0.274. The van der Waals surface area contributed by atoms with Crippen LogP contribution < -0.4 is 21.7 Å². The van der Waals surface area contributed by atoms with Crippen LogP contribution in [0.3, 0.4) is 0 Å². The van der Waals surface area contributed by atoms with E-state index < -0.39 is 24.5 Å². The summed E-state index contributed by atoms with van der Waals surface area (Å²) >= 11 is 0. The van der Waals surface area contributed by atoms with Gasteiger partial charge in [-0.25, -0.2) is 0 Å². The summed E-state index contributed by atoms with van der Waals surface area (Å²) < 4.78 is 16.5. The smallest absolute Gasteiger partial charge is 0.162 e. The van der Waals surface area contributed by atoms with Crippen molar-refractivity contribution in [3.63, 3.8) is 0 Å². The molecular formula is C13H25N5O5. The predicted molar refractivity (Wildman–Crippen MR) is 79.4 cm³/mol. The lowest BCUT2D eigenvalue weighted by atomic mass is 10.1. The van der Waals surface area contributed by atoms with E-state index in [0.29, 0.717) is 26.6 Å². The van der Waals surface area contributed by atoms with Crippen molar-refractivity contribution in [2.75, 3.05) is 40.3 Å². The average Bonchev–Trinajstić information content (AvgIpc) is 3.10. The van der Waals surface area contributed by atoms with Crippen molar-refractivity contribution in [3.8, 4) is 0 Å². The van der Waals surface area contributed by atoms with Gasteiger partial charge in [-0.1, -0.05) is 0 Å². The summed E-state index contributed by atoms with van der Waals surface area (Å²) in [6.07, 6.45) is -3.01. The van der Waals surface area contributed by atoms with E-state index in [9.17, 15) is 10.2 Å². The van der Waals surface area contributed by atoms with Crippen molar-refractivity contribution in [1.29, 1.82) is 0 Å². The topological polar surface area (TPSA) is 134 Å². The third-order valence-electron chi connectivity index (χ3n) is 4.27. The van der Waals surface area contributed by atoms with Crippen LogP contribution in [0, 0.1) is 0 Å². The zero-order chi connectivity index (χ0) is 16.4. The summed E-state index contributed by atoms with van der Waals surface area (Å²) in [4.78, 5) is 1.92. The number of nitrogens with zero attached hydrogens (tertiary/aromatic N) is 1. The number of nitrogens with one attached hydrogen (secondary N) is 3. The van der Waals surface area contributed by atoms with E-state index in [4.69, 9.17) is 19.9 Å². The molecule has 0 aliphatic carbocycles. The third-order valence-corrected chi connectivity index (χ3v) is 4.27. The van der Waals surface area contributed by atoms with Gasteiger partial charge in [0.25, 0.3) is 0 Å². The Morgan fingerprint density at radius 3 is 2.96 bits per heavy atom. The number of hydrogen-bond acceptors (Lipinski definition) is 10. The Bertz CT molecular complexity index is 450. The van der Waals surface area contributed by atoms with Gasteiger partial charge in [-0.15, -0.1) is 0 Å². The Hall–Kier alpha value is -1.14. The van der Waals surface area contributed by atoms with E-state index in [2.05, 4.69) is 16.0 Å². The molecule has 10 nitrogen and oxygen atoms in total. The number of rotatable bonds is 6. The molecule has 0 bridgehead atoms. The maximum atomic E-state index is 10.4. The fourth-order valence-corrected chi connectivity index (χ4v) is 3.07. The molecule has 0 radical (unpaired) electrons. The van der Waals surface area contributed by atoms with Gasteiger partial charge in [-0.2, -0.15) is 0 Å². The molecule has 1 saturated heterocycles. The quantitative estimate of drug-likeness (QED) is 0.273. The number of aliphatic hydroxyl groups is 2. The van der Waals surface area contributed by atoms with Crippen LogP contribution in [0.4, 0.5) is 0 Å². The Morgan fingerprint density at radius 1 is 1.39 bits per heavy atom. The average molecular weight is 331 g/mol. The van der Waals surface area contributed by atoms with E-state index in [0.717, 1.165) is 11.5 Å². The molecular weight excluding hydrogens is 306 g/mol. The minimum atomic E-state index is -0.915. The second-order valence-corrected chi connectivity index (χ2v) is 5.67. The van der Waals surface area contributed by atoms with Gasteiger partial charge in [0.2, 0.25) is 0 Å². The monoisotopic (exact) mass is 331 g/mol. The van der Waals surface area contributed by atoms with Crippen LogP contribution in [-0.2, 0) is 14.2 Å². The fourth-order valence-electron chi connectivity index (χ4n) is 3.07. The van der Waals surface area contributed by atoms with Crippen molar-refractivity contribution in [2.24, 2.45) is 5.73 Å². The summed E-state index contributed by atoms with van der Waals surface area (Å²) in [5.41, 5.74) is 6.86. The van der Waals surface area contributed by atoms with E-state index in [1.807, 2.05) is 4.90 Å². The van der Waals surface area contributed by atoms with Gasteiger partial charge in [0.05, 0.1) is 38.9 Å². The molecule has 5 atom stereocenters. The van der Waals surface area contributed by atoms with Crippen molar-refractivity contribution in [3.05, 3.63) is 11.5 Å². The summed E-state index contributed by atoms with van der Waals surface area (Å²) in [6.45, 7) is 1.49. The molecule has 3 aliphatic rings. The maximum absolute atomic E-state index is 10.4. The van der Waals surface area contributed by atoms with Crippen LogP contribution in [0.2, 0.25) is 0 Å². The van der Waals surface area contributed by atoms with Crippen molar-refractivity contribution in [2.45, 2.75) is 30.7 Å². The van der Waals surface area contributed by atoms with E-state index in [1.165, 1.54) is 0 Å². The van der Waals surface area contributed by atoms with Gasteiger partial charge in [0.1, 0.15) is 30.3 Å². The molecule has 3 heterocycles. The first kappa shape index (κ1) is 16.7. The summed E-state index contributed by atoms with van der Waals surface area (Å²) in [7, 11) is 1.58. The lowest BCUT2D eigenvalue weighted by Crippen LogP contribution is -2.53.